The lowest BCUT2D eigenvalue weighted by Gasteiger charge is -2.18. The Morgan fingerprint density at radius 2 is 0.643 bits per heavy atom. The summed E-state index contributed by atoms with van der Waals surface area (Å²) in [6.45, 7) is 7.41. The van der Waals surface area contributed by atoms with Crippen molar-refractivity contribution in [2.45, 2.75) is 245 Å². The summed E-state index contributed by atoms with van der Waals surface area (Å²) in [6.07, 6.45) is 84.8. The third-order valence-electron chi connectivity index (χ3n) is 11.7. The highest BCUT2D eigenvalue weighted by Gasteiger charge is 2.17. The molecule has 0 aromatic heterocycles. The number of unbranched alkanes of at least 4 members (excludes halogenated alkanes) is 18. The minimum absolute atomic E-state index is 0.0453. The fourth-order valence-electron chi connectivity index (χ4n) is 7.45. The summed E-state index contributed by atoms with van der Waals surface area (Å²) >= 11 is 0. The number of esters is 2. The molecule has 0 fully saturated rings. The Morgan fingerprint density at radius 1 is 0.329 bits per heavy atom. The van der Waals surface area contributed by atoms with Gasteiger partial charge in [-0.15, -0.1) is 0 Å². The summed E-state index contributed by atoms with van der Waals surface area (Å²) in [7, 11) is 0. The van der Waals surface area contributed by atoms with Crippen LogP contribution in [0.4, 0.5) is 0 Å². The molecule has 0 aliphatic heterocycles. The Labute approximate surface area is 432 Å². The first-order valence-corrected chi connectivity index (χ1v) is 28.7. The molecular weight excluding hydrogens is 861 g/mol. The van der Waals surface area contributed by atoms with Gasteiger partial charge < -0.3 is 14.2 Å². The van der Waals surface area contributed by atoms with Crippen molar-refractivity contribution in [2.24, 2.45) is 0 Å². The minimum atomic E-state index is -0.586. The van der Waals surface area contributed by atoms with Crippen LogP contribution in [-0.2, 0) is 23.8 Å². The first-order chi connectivity index (χ1) is 34.6. The van der Waals surface area contributed by atoms with E-state index in [1.807, 2.05) is 0 Å². The summed E-state index contributed by atoms with van der Waals surface area (Å²) in [6, 6.07) is 0. The monoisotopic (exact) mass is 967 g/mol. The Morgan fingerprint density at radius 3 is 1.03 bits per heavy atom. The number of ether oxygens (including phenoxy) is 3. The Hall–Kier alpha value is -3.96. The van der Waals surface area contributed by atoms with Gasteiger partial charge in [0.05, 0.1) is 6.61 Å². The van der Waals surface area contributed by atoms with Crippen LogP contribution in [0.5, 0.6) is 0 Å². The maximum atomic E-state index is 12.9. The quantitative estimate of drug-likeness (QED) is 0.0345. The smallest absolute Gasteiger partial charge is 0.306 e. The molecule has 70 heavy (non-hydrogen) atoms. The van der Waals surface area contributed by atoms with Crippen LogP contribution < -0.4 is 0 Å². The molecule has 0 bridgehead atoms. The van der Waals surface area contributed by atoms with Gasteiger partial charge in [0.1, 0.15) is 6.61 Å². The van der Waals surface area contributed by atoms with Crippen molar-refractivity contribution in [3.05, 3.63) is 134 Å². The lowest BCUT2D eigenvalue weighted by molar-refractivity contribution is -0.163. The third kappa shape index (κ3) is 56.6. The van der Waals surface area contributed by atoms with E-state index in [-0.39, 0.29) is 25.2 Å². The molecule has 0 rings (SSSR count). The zero-order chi connectivity index (χ0) is 50.6. The van der Waals surface area contributed by atoms with Crippen molar-refractivity contribution in [2.75, 3.05) is 19.8 Å². The van der Waals surface area contributed by atoms with Gasteiger partial charge in [0.15, 0.2) is 6.10 Å². The topological polar surface area (TPSA) is 61.8 Å². The lowest BCUT2D eigenvalue weighted by atomic mass is 10.1. The third-order valence-corrected chi connectivity index (χ3v) is 11.7. The van der Waals surface area contributed by atoms with Crippen molar-refractivity contribution in [1.29, 1.82) is 0 Å². The molecule has 396 valence electrons. The van der Waals surface area contributed by atoms with Crippen molar-refractivity contribution in [1.82, 2.24) is 0 Å². The van der Waals surface area contributed by atoms with Gasteiger partial charge in [-0.05, 0) is 128 Å². The summed E-state index contributed by atoms with van der Waals surface area (Å²) in [5.41, 5.74) is 0. The molecular formula is C65H106O5. The van der Waals surface area contributed by atoms with Gasteiger partial charge in [-0.25, -0.2) is 0 Å². The van der Waals surface area contributed by atoms with Crippen LogP contribution in [0.3, 0.4) is 0 Å². The van der Waals surface area contributed by atoms with E-state index in [1.54, 1.807) is 0 Å². The number of carbonyl (C=O) groups is 2. The Bertz CT molecular complexity index is 1470. The van der Waals surface area contributed by atoms with Gasteiger partial charge in [-0.1, -0.05) is 231 Å². The Balaban J connectivity index is 4.44. The summed E-state index contributed by atoms with van der Waals surface area (Å²) in [4.78, 5) is 25.5. The van der Waals surface area contributed by atoms with Crippen molar-refractivity contribution in [3.63, 3.8) is 0 Å². The second kappa shape index (κ2) is 59.3. The molecule has 0 saturated heterocycles. The molecule has 0 aromatic carbocycles. The van der Waals surface area contributed by atoms with Crippen LogP contribution in [0.15, 0.2) is 134 Å². The fraction of sp³-hybridized carbons (Fsp3) is 0.631. The van der Waals surface area contributed by atoms with E-state index in [0.29, 0.717) is 19.4 Å². The van der Waals surface area contributed by atoms with E-state index in [0.717, 1.165) is 128 Å². The Kier molecular flexibility index (Phi) is 56.0. The molecule has 1 atom stereocenters. The molecule has 0 N–H and O–H groups in total. The molecule has 0 radical (unpaired) electrons. The van der Waals surface area contributed by atoms with Crippen LogP contribution >= 0.6 is 0 Å². The van der Waals surface area contributed by atoms with E-state index < -0.39 is 6.10 Å². The van der Waals surface area contributed by atoms with Crippen molar-refractivity contribution in [3.8, 4) is 0 Å². The molecule has 0 aliphatic rings. The van der Waals surface area contributed by atoms with Crippen molar-refractivity contribution >= 4 is 11.9 Å². The van der Waals surface area contributed by atoms with E-state index >= 15 is 0 Å². The van der Waals surface area contributed by atoms with Crippen LogP contribution in [0.1, 0.15) is 239 Å². The van der Waals surface area contributed by atoms with Crippen molar-refractivity contribution < 1.29 is 23.8 Å². The largest absolute Gasteiger partial charge is 0.462 e. The number of hydrogen-bond acceptors (Lipinski definition) is 5. The molecule has 0 saturated carbocycles. The highest BCUT2D eigenvalue weighted by Crippen LogP contribution is 2.14. The zero-order valence-electron chi connectivity index (χ0n) is 45.5. The number of allylic oxidation sites excluding steroid dienone is 22. The van der Waals surface area contributed by atoms with Gasteiger partial charge in [0.25, 0.3) is 0 Å². The van der Waals surface area contributed by atoms with Gasteiger partial charge in [0.2, 0.25) is 0 Å². The van der Waals surface area contributed by atoms with Crippen LogP contribution in [-0.4, -0.2) is 37.9 Å². The first kappa shape index (κ1) is 66.0. The standard InChI is InChI=1S/C65H106O5/c1-4-7-10-13-16-19-22-25-28-31-32-33-36-39-42-45-48-51-54-57-60-68-61-63(70-65(67)59-56-53-50-47-44-41-38-35-30-27-24-21-18-15-12-9-6-3)62-69-64(66)58-55-52-49-46-43-40-37-34-29-26-23-20-17-14-11-8-5-2/h7-8,10-11,16-21,25-30,32-33,39,42,48,51,63H,4-6,9,12-15,22-24,31,34-38,40-41,43-47,49-50,52-62H2,1-3H3/b10-7-,11-8-,19-16-,20-17-,21-18-,28-25-,29-26-,30-27-,33-32-,42-39-,51-48-. The molecule has 0 heterocycles. The van der Waals surface area contributed by atoms with E-state index in [1.165, 1.54) is 77.0 Å². The van der Waals surface area contributed by atoms with E-state index in [9.17, 15) is 9.59 Å². The molecule has 0 spiro atoms. The molecule has 1 unspecified atom stereocenters. The highest BCUT2D eigenvalue weighted by atomic mass is 16.6. The summed E-state index contributed by atoms with van der Waals surface area (Å²) in [5, 5.41) is 0. The SMILES string of the molecule is CC/C=C\C/C=C\C/C=C\C/C=C\C/C=C\C/C=C\CCCOCC(COC(=O)CCCCCCCCC/C=C\C/C=C\C/C=C\CC)OC(=O)CCCCCCCCC/C=C\C/C=C\CCCCC. The van der Waals surface area contributed by atoms with Crippen LogP contribution in [0.2, 0.25) is 0 Å². The second-order valence-corrected chi connectivity index (χ2v) is 18.4. The summed E-state index contributed by atoms with van der Waals surface area (Å²) in [5.74, 6) is -0.455. The first-order valence-electron chi connectivity index (χ1n) is 28.7. The highest BCUT2D eigenvalue weighted by molar-refractivity contribution is 5.70. The summed E-state index contributed by atoms with van der Waals surface area (Å²) < 4.78 is 17.4. The van der Waals surface area contributed by atoms with Gasteiger partial charge in [-0.2, -0.15) is 0 Å². The molecule has 5 nitrogen and oxygen atoms in total. The number of rotatable bonds is 51. The second-order valence-electron chi connectivity index (χ2n) is 18.4. The van der Waals surface area contributed by atoms with Gasteiger partial charge >= 0.3 is 11.9 Å². The number of carbonyl (C=O) groups excluding carboxylic acids is 2. The maximum absolute atomic E-state index is 12.9. The molecule has 0 aliphatic carbocycles. The number of hydrogen-bond donors (Lipinski definition) is 0. The lowest BCUT2D eigenvalue weighted by Crippen LogP contribution is -2.30. The van der Waals surface area contributed by atoms with Gasteiger partial charge in [-0.3, -0.25) is 9.59 Å². The average Bonchev–Trinajstić information content (AvgIpc) is 3.36. The average molecular weight is 968 g/mol. The minimum Gasteiger partial charge on any atom is -0.462 e. The molecule has 0 aromatic rings. The normalized spacial score (nSPS) is 13.2. The van der Waals surface area contributed by atoms with Gasteiger partial charge in [0, 0.05) is 19.4 Å². The predicted molar refractivity (Wildman–Crippen MR) is 306 cm³/mol. The molecule has 5 heteroatoms. The van der Waals surface area contributed by atoms with Crippen LogP contribution in [0.25, 0.3) is 0 Å². The van der Waals surface area contributed by atoms with E-state index in [4.69, 9.17) is 14.2 Å². The maximum Gasteiger partial charge on any atom is 0.306 e. The predicted octanol–water partition coefficient (Wildman–Crippen LogP) is 19.9. The zero-order valence-corrected chi connectivity index (χ0v) is 45.5. The fourth-order valence-corrected chi connectivity index (χ4v) is 7.45. The van der Waals surface area contributed by atoms with Crippen LogP contribution in [0, 0.1) is 0 Å². The molecule has 0 amide bonds. The van der Waals surface area contributed by atoms with E-state index in [2.05, 4.69) is 154 Å².